The first kappa shape index (κ1) is 19.7. The summed E-state index contributed by atoms with van der Waals surface area (Å²) in [6, 6.07) is 8.06. The molecular formula is C21H23ClN6OS. The number of nitrogens with zero attached hydrogens (tertiary/aromatic N) is 5. The first-order chi connectivity index (χ1) is 14.7. The molecule has 4 heterocycles. The predicted molar refractivity (Wildman–Crippen MR) is 118 cm³/mol. The lowest BCUT2D eigenvalue weighted by Crippen LogP contribution is -2.42. The van der Waals surface area contributed by atoms with Gasteiger partial charge in [-0.3, -0.25) is 4.90 Å². The molecule has 7 nitrogen and oxygen atoms in total. The zero-order valence-corrected chi connectivity index (χ0v) is 18.3. The van der Waals surface area contributed by atoms with E-state index in [0.717, 1.165) is 49.5 Å². The van der Waals surface area contributed by atoms with Crippen LogP contribution in [0.2, 0.25) is 5.02 Å². The summed E-state index contributed by atoms with van der Waals surface area (Å²) in [5, 5.41) is 11.1. The molecule has 1 aliphatic heterocycles. The fourth-order valence-electron chi connectivity index (χ4n) is 3.92. The minimum absolute atomic E-state index is 0.479. The third kappa shape index (κ3) is 4.00. The predicted octanol–water partition coefficient (Wildman–Crippen LogP) is 4.16. The van der Waals surface area contributed by atoms with Crippen LogP contribution in [-0.4, -0.2) is 43.6 Å². The molecule has 1 fully saturated rings. The fraction of sp³-hybridized carbons (Fsp3) is 0.381. The normalized spacial score (nSPS) is 15.9. The van der Waals surface area contributed by atoms with Gasteiger partial charge >= 0.3 is 5.84 Å². The van der Waals surface area contributed by atoms with Gasteiger partial charge in [-0.2, -0.15) is 9.50 Å². The van der Waals surface area contributed by atoms with Crippen molar-refractivity contribution >= 4 is 28.8 Å². The first-order valence-electron chi connectivity index (χ1n) is 10.1. The number of hydrogen-bond donors (Lipinski definition) is 1. The van der Waals surface area contributed by atoms with Crippen molar-refractivity contribution in [3.05, 3.63) is 57.3 Å². The van der Waals surface area contributed by atoms with E-state index < -0.39 is 0 Å². The third-order valence-electron chi connectivity index (χ3n) is 5.61. The molecule has 0 aliphatic carbocycles. The minimum atomic E-state index is 0.479. The Bertz CT molecular complexity index is 1130. The van der Waals surface area contributed by atoms with Gasteiger partial charge in [0.2, 0.25) is 0 Å². The van der Waals surface area contributed by atoms with Crippen molar-refractivity contribution in [2.45, 2.75) is 38.9 Å². The molecule has 1 aliphatic rings. The van der Waals surface area contributed by atoms with Crippen LogP contribution in [0, 0.1) is 6.92 Å². The highest BCUT2D eigenvalue weighted by atomic mass is 35.5. The Labute approximate surface area is 183 Å². The van der Waals surface area contributed by atoms with E-state index in [0.29, 0.717) is 29.3 Å². The van der Waals surface area contributed by atoms with Gasteiger partial charge in [-0.1, -0.05) is 23.7 Å². The Hall–Kier alpha value is -2.26. The topological polar surface area (TPSA) is 71.5 Å². The van der Waals surface area contributed by atoms with Crippen molar-refractivity contribution in [3.8, 4) is 11.4 Å². The summed E-state index contributed by atoms with van der Waals surface area (Å²) in [5.74, 6) is 1.91. The summed E-state index contributed by atoms with van der Waals surface area (Å²) in [6.07, 6.45) is 2.23. The highest BCUT2D eigenvalue weighted by molar-refractivity contribution is 7.07. The number of oxazole rings is 1. The number of fused-ring (bicyclic) bond motifs is 1. The Balaban J connectivity index is 1.24. The van der Waals surface area contributed by atoms with Crippen molar-refractivity contribution in [3.63, 3.8) is 0 Å². The number of halogens is 1. The van der Waals surface area contributed by atoms with Crippen molar-refractivity contribution in [2.24, 2.45) is 0 Å². The lowest BCUT2D eigenvalue weighted by molar-refractivity contribution is 0.188. The molecule has 30 heavy (non-hydrogen) atoms. The highest BCUT2D eigenvalue weighted by Gasteiger charge is 2.22. The Morgan fingerprint density at radius 1 is 1.27 bits per heavy atom. The molecule has 0 bridgehead atoms. The number of benzene rings is 1. The van der Waals surface area contributed by atoms with Crippen LogP contribution in [0.1, 0.15) is 30.0 Å². The number of rotatable bonds is 6. The molecule has 0 unspecified atom stereocenters. The zero-order chi connectivity index (χ0) is 20.5. The second-order valence-corrected chi connectivity index (χ2v) is 8.75. The summed E-state index contributed by atoms with van der Waals surface area (Å²) in [6.45, 7) is 5.76. The molecule has 156 valence electrons. The van der Waals surface area contributed by atoms with E-state index in [1.807, 2.05) is 36.7 Å². The van der Waals surface area contributed by atoms with E-state index in [4.69, 9.17) is 16.0 Å². The smallest absolute Gasteiger partial charge is 0.325 e. The average Bonchev–Trinajstić information content (AvgIpc) is 3.45. The Kier molecular flexibility index (Phi) is 5.56. The minimum Gasteiger partial charge on any atom is -0.427 e. The number of aromatic nitrogens is 4. The van der Waals surface area contributed by atoms with Crippen LogP contribution < -0.4 is 5.32 Å². The van der Waals surface area contributed by atoms with Gasteiger partial charge in [0, 0.05) is 43.2 Å². The zero-order valence-electron chi connectivity index (χ0n) is 16.7. The van der Waals surface area contributed by atoms with Gasteiger partial charge in [-0.05, 0) is 31.9 Å². The average molecular weight is 443 g/mol. The fourth-order valence-corrected chi connectivity index (χ4v) is 4.69. The van der Waals surface area contributed by atoms with E-state index in [1.54, 1.807) is 15.9 Å². The van der Waals surface area contributed by atoms with Crippen molar-refractivity contribution < 1.29 is 4.42 Å². The number of likely N-dealkylation sites (tertiary alicyclic amines) is 1. The SMILES string of the molecule is Cc1oc2nc(-c3ccccc3Cl)nn2c1CNC1CCN(Cc2cscn2)CC1. The quantitative estimate of drug-likeness (QED) is 0.483. The van der Waals surface area contributed by atoms with Crippen LogP contribution in [0.25, 0.3) is 17.2 Å². The van der Waals surface area contributed by atoms with Crippen LogP contribution in [0.15, 0.2) is 39.6 Å². The molecule has 4 aromatic rings. The molecular weight excluding hydrogens is 420 g/mol. The van der Waals surface area contributed by atoms with Crippen LogP contribution in [-0.2, 0) is 13.1 Å². The van der Waals surface area contributed by atoms with Crippen molar-refractivity contribution in [1.29, 1.82) is 0 Å². The van der Waals surface area contributed by atoms with Gasteiger partial charge in [-0.15, -0.1) is 16.4 Å². The van der Waals surface area contributed by atoms with E-state index in [9.17, 15) is 0 Å². The van der Waals surface area contributed by atoms with Gasteiger partial charge in [0.25, 0.3) is 0 Å². The van der Waals surface area contributed by atoms with Gasteiger partial charge in [0.05, 0.1) is 21.9 Å². The molecule has 0 amide bonds. The lowest BCUT2D eigenvalue weighted by atomic mass is 10.0. The molecule has 0 spiro atoms. The molecule has 9 heteroatoms. The summed E-state index contributed by atoms with van der Waals surface area (Å²) in [7, 11) is 0. The molecule has 3 aromatic heterocycles. The molecule has 0 radical (unpaired) electrons. The monoisotopic (exact) mass is 442 g/mol. The van der Waals surface area contributed by atoms with Crippen molar-refractivity contribution in [2.75, 3.05) is 13.1 Å². The third-order valence-corrected chi connectivity index (χ3v) is 6.58. The summed E-state index contributed by atoms with van der Waals surface area (Å²) in [4.78, 5) is 11.4. The summed E-state index contributed by atoms with van der Waals surface area (Å²) >= 11 is 7.96. The van der Waals surface area contributed by atoms with Crippen LogP contribution in [0.3, 0.4) is 0 Å². The molecule has 1 aromatic carbocycles. The van der Waals surface area contributed by atoms with Crippen LogP contribution >= 0.6 is 22.9 Å². The standard InChI is InChI=1S/C21H23ClN6OS/c1-14-19(10-23-15-6-8-27(9-7-15)11-16-12-30-13-24-16)28-21(29-14)25-20(26-28)17-4-2-3-5-18(17)22/h2-5,12-13,15,23H,6-11H2,1H3. The highest BCUT2D eigenvalue weighted by Crippen LogP contribution is 2.26. The Morgan fingerprint density at radius 2 is 2.10 bits per heavy atom. The lowest BCUT2D eigenvalue weighted by Gasteiger charge is -2.31. The van der Waals surface area contributed by atoms with Gasteiger partial charge in [0.1, 0.15) is 5.76 Å². The largest absolute Gasteiger partial charge is 0.427 e. The van der Waals surface area contributed by atoms with E-state index in [-0.39, 0.29) is 0 Å². The maximum absolute atomic E-state index is 6.30. The molecule has 1 saturated heterocycles. The maximum atomic E-state index is 6.30. The molecule has 5 rings (SSSR count). The number of thiazole rings is 1. The Morgan fingerprint density at radius 3 is 2.87 bits per heavy atom. The van der Waals surface area contributed by atoms with E-state index in [1.165, 1.54) is 5.69 Å². The number of hydrogen-bond acceptors (Lipinski definition) is 7. The molecule has 1 N–H and O–H groups in total. The number of nitrogens with one attached hydrogen (secondary N) is 1. The van der Waals surface area contributed by atoms with E-state index in [2.05, 4.69) is 30.7 Å². The number of aryl methyl sites for hydroxylation is 1. The second kappa shape index (κ2) is 8.47. The molecule has 0 saturated carbocycles. The van der Waals surface area contributed by atoms with E-state index >= 15 is 0 Å². The molecule has 0 atom stereocenters. The van der Waals surface area contributed by atoms with Gasteiger partial charge in [0.15, 0.2) is 5.82 Å². The summed E-state index contributed by atoms with van der Waals surface area (Å²) in [5.41, 5.74) is 4.88. The first-order valence-corrected chi connectivity index (χ1v) is 11.4. The van der Waals surface area contributed by atoms with Crippen molar-refractivity contribution in [1.82, 2.24) is 29.8 Å². The number of piperidine rings is 1. The summed E-state index contributed by atoms with van der Waals surface area (Å²) < 4.78 is 7.64. The van der Waals surface area contributed by atoms with Gasteiger partial charge in [-0.25, -0.2) is 4.98 Å². The van der Waals surface area contributed by atoms with Crippen LogP contribution in [0.5, 0.6) is 0 Å². The maximum Gasteiger partial charge on any atom is 0.325 e. The van der Waals surface area contributed by atoms with Gasteiger partial charge < -0.3 is 9.73 Å². The second-order valence-electron chi connectivity index (χ2n) is 7.63. The van der Waals surface area contributed by atoms with Crippen LogP contribution in [0.4, 0.5) is 0 Å².